The Morgan fingerprint density at radius 3 is 1.97 bits per heavy atom. The van der Waals surface area contributed by atoms with E-state index in [-0.39, 0.29) is 23.4 Å². The van der Waals surface area contributed by atoms with Crippen LogP contribution in [0.2, 0.25) is 0 Å². The number of rotatable bonds is 6. The Hall–Kier alpha value is -3.04. The second-order valence-corrected chi connectivity index (χ2v) is 7.88. The summed E-state index contributed by atoms with van der Waals surface area (Å²) in [5, 5.41) is 11.2. The summed E-state index contributed by atoms with van der Waals surface area (Å²) in [5.41, 5.74) is 3.53. The molecule has 0 aromatic heterocycles. The lowest BCUT2D eigenvalue weighted by Crippen LogP contribution is -2.28. The van der Waals surface area contributed by atoms with Gasteiger partial charge in [0, 0.05) is 11.5 Å². The molecular weight excluding hydrogens is 375 g/mol. The van der Waals surface area contributed by atoms with E-state index in [1.807, 2.05) is 66.7 Å². The Balaban J connectivity index is 1.63. The maximum atomic E-state index is 13.2. The number of ketones is 1. The summed E-state index contributed by atoms with van der Waals surface area (Å²) in [5.74, 6) is -0.765. The van der Waals surface area contributed by atoms with Crippen molar-refractivity contribution in [3.63, 3.8) is 0 Å². The zero-order valence-corrected chi connectivity index (χ0v) is 16.7. The molecule has 0 bridgehead atoms. The van der Waals surface area contributed by atoms with Crippen LogP contribution in [0.15, 0.2) is 91.0 Å². The minimum Gasteiger partial charge on any atom is -0.389 e. The smallest absolute Gasteiger partial charge is 0.166 e. The van der Waals surface area contributed by atoms with E-state index in [0.29, 0.717) is 5.56 Å². The highest BCUT2D eigenvalue weighted by atomic mass is 19.1. The zero-order valence-electron chi connectivity index (χ0n) is 16.7. The van der Waals surface area contributed by atoms with Gasteiger partial charge in [-0.15, -0.1) is 0 Å². The lowest BCUT2D eigenvalue weighted by atomic mass is 9.83. The molecule has 1 aliphatic rings. The molecule has 3 aromatic rings. The maximum Gasteiger partial charge on any atom is 0.166 e. The third-order valence-corrected chi connectivity index (χ3v) is 5.98. The third kappa shape index (κ3) is 4.42. The van der Waals surface area contributed by atoms with E-state index in [9.17, 15) is 14.3 Å². The number of carbonyl (C=O) groups excluding carboxylic acids is 1. The second kappa shape index (κ2) is 9.19. The third-order valence-electron chi connectivity index (χ3n) is 5.98. The first-order valence-corrected chi connectivity index (χ1v) is 10.4. The van der Waals surface area contributed by atoms with Crippen LogP contribution < -0.4 is 0 Å². The minimum atomic E-state index is -0.739. The van der Waals surface area contributed by atoms with E-state index in [0.717, 1.165) is 36.0 Å². The summed E-state index contributed by atoms with van der Waals surface area (Å²) in [6.07, 6.45) is 3.60. The van der Waals surface area contributed by atoms with Gasteiger partial charge in [0.2, 0.25) is 0 Å². The van der Waals surface area contributed by atoms with Crippen molar-refractivity contribution < 1.29 is 14.3 Å². The fraction of sp³-hybridized carbons (Fsp3) is 0.222. The van der Waals surface area contributed by atoms with E-state index in [1.54, 1.807) is 0 Å². The predicted octanol–water partition coefficient (Wildman–Crippen LogP) is 5.92. The molecule has 30 heavy (non-hydrogen) atoms. The standard InChI is InChI=1S/C27H25FO2/c28-22-16-14-21(15-17-22)27(30)24-13-7-12-23(24)26(29)18-25(19-8-3-1-4-9-19)20-10-5-2-6-11-20/h1-6,8-11,14-18,23-24,26,29H,7,12-13H2/t23-,24-,26-/m0/s1. The van der Waals surface area contributed by atoms with Crippen molar-refractivity contribution in [1.82, 2.24) is 0 Å². The molecule has 1 saturated carbocycles. The molecule has 4 rings (SSSR count). The minimum absolute atomic E-state index is 0.00841. The van der Waals surface area contributed by atoms with Crippen molar-refractivity contribution in [3.8, 4) is 0 Å². The summed E-state index contributed by atoms with van der Waals surface area (Å²) in [4.78, 5) is 13.0. The summed E-state index contributed by atoms with van der Waals surface area (Å²) in [6, 6.07) is 25.7. The van der Waals surface area contributed by atoms with Crippen molar-refractivity contribution in [2.45, 2.75) is 25.4 Å². The van der Waals surface area contributed by atoms with Crippen LogP contribution in [0.25, 0.3) is 5.57 Å². The van der Waals surface area contributed by atoms with Crippen molar-refractivity contribution in [2.24, 2.45) is 11.8 Å². The van der Waals surface area contributed by atoms with Gasteiger partial charge in [-0.3, -0.25) is 4.79 Å². The molecular formula is C27H25FO2. The molecule has 3 atom stereocenters. The van der Waals surface area contributed by atoms with Gasteiger partial charge < -0.3 is 5.11 Å². The van der Waals surface area contributed by atoms with Gasteiger partial charge in [0.25, 0.3) is 0 Å². The van der Waals surface area contributed by atoms with E-state index < -0.39 is 6.10 Å². The molecule has 0 aliphatic heterocycles. The van der Waals surface area contributed by atoms with E-state index >= 15 is 0 Å². The number of hydrogen-bond acceptors (Lipinski definition) is 2. The Kier molecular flexibility index (Phi) is 6.20. The predicted molar refractivity (Wildman–Crippen MR) is 118 cm³/mol. The molecule has 0 saturated heterocycles. The van der Waals surface area contributed by atoms with Gasteiger partial charge in [-0.25, -0.2) is 4.39 Å². The van der Waals surface area contributed by atoms with Crippen molar-refractivity contribution >= 4 is 11.4 Å². The summed E-state index contributed by atoms with van der Waals surface area (Å²) in [7, 11) is 0. The van der Waals surface area contributed by atoms with E-state index in [1.165, 1.54) is 24.3 Å². The first kappa shape index (κ1) is 20.2. The largest absolute Gasteiger partial charge is 0.389 e. The summed E-state index contributed by atoms with van der Waals surface area (Å²) < 4.78 is 13.2. The van der Waals surface area contributed by atoms with Crippen LogP contribution in [0, 0.1) is 17.7 Å². The van der Waals surface area contributed by atoms with E-state index in [2.05, 4.69) is 0 Å². The van der Waals surface area contributed by atoms with Crippen molar-refractivity contribution in [3.05, 3.63) is 114 Å². The Bertz CT molecular complexity index is 968. The highest BCUT2D eigenvalue weighted by molar-refractivity contribution is 5.98. The fourth-order valence-corrected chi connectivity index (χ4v) is 4.44. The average molecular weight is 400 g/mol. The molecule has 152 valence electrons. The molecule has 3 aromatic carbocycles. The van der Waals surface area contributed by atoms with Gasteiger partial charge in [-0.05, 0) is 65.8 Å². The van der Waals surface area contributed by atoms with Crippen LogP contribution in [0.4, 0.5) is 4.39 Å². The number of carbonyl (C=O) groups is 1. The summed E-state index contributed by atoms with van der Waals surface area (Å²) >= 11 is 0. The van der Waals surface area contributed by atoms with Crippen LogP contribution >= 0.6 is 0 Å². The summed E-state index contributed by atoms with van der Waals surface area (Å²) in [6.45, 7) is 0. The van der Waals surface area contributed by atoms with Gasteiger partial charge in [0.1, 0.15) is 5.82 Å². The molecule has 0 heterocycles. The average Bonchev–Trinajstić information content (AvgIpc) is 3.29. The Labute approximate surface area is 176 Å². The van der Waals surface area contributed by atoms with Crippen LogP contribution in [0.3, 0.4) is 0 Å². The highest BCUT2D eigenvalue weighted by Crippen LogP contribution is 2.38. The number of benzene rings is 3. The molecule has 0 unspecified atom stereocenters. The van der Waals surface area contributed by atoms with Crippen molar-refractivity contribution in [2.75, 3.05) is 0 Å². The maximum absolute atomic E-state index is 13.2. The fourth-order valence-electron chi connectivity index (χ4n) is 4.44. The molecule has 1 fully saturated rings. The first-order chi connectivity index (χ1) is 14.6. The quantitative estimate of drug-likeness (QED) is 0.522. The SMILES string of the molecule is O=C(c1ccc(F)cc1)[C@H]1CCC[C@@H]1[C@@H](O)C=C(c1ccccc1)c1ccccc1. The van der Waals surface area contributed by atoms with Crippen LogP contribution in [0.1, 0.15) is 40.7 Å². The Morgan fingerprint density at radius 1 is 0.833 bits per heavy atom. The first-order valence-electron chi connectivity index (χ1n) is 10.4. The zero-order chi connectivity index (χ0) is 20.9. The Morgan fingerprint density at radius 2 is 1.40 bits per heavy atom. The lowest BCUT2D eigenvalue weighted by molar-refractivity contribution is 0.0777. The normalized spacial score (nSPS) is 19.3. The van der Waals surface area contributed by atoms with Crippen LogP contribution in [-0.2, 0) is 0 Å². The number of Topliss-reactive ketones (excluding diaryl/α,β-unsaturated/α-hetero) is 1. The molecule has 1 N–H and O–H groups in total. The van der Waals surface area contributed by atoms with Crippen LogP contribution in [0.5, 0.6) is 0 Å². The van der Waals surface area contributed by atoms with Crippen LogP contribution in [-0.4, -0.2) is 17.0 Å². The van der Waals surface area contributed by atoms with Gasteiger partial charge in [-0.1, -0.05) is 67.1 Å². The van der Waals surface area contributed by atoms with Gasteiger partial charge >= 0.3 is 0 Å². The van der Waals surface area contributed by atoms with Gasteiger partial charge in [0.15, 0.2) is 5.78 Å². The number of hydrogen-bond donors (Lipinski definition) is 1. The molecule has 0 amide bonds. The molecule has 2 nitrogen and oxygen atoms in total. The second-order valence-electron chi connectivity index (χ2n) is 7.88. The molecule has 1 aliphatic carbocycles. The van der Waals surface area contributed by atoms with Gasteiger partial charge in [0.05, 0.1) is 6.10 Å². The molecule has 3 heteroatoms. The number of halogens is 1. The van der Waals surface area contributed by atoms with Gasteiger partial charge in [-0.2, -0.15) is 0 Å². The van der Waals surface area contributed by atoms with E-state index in [4.69, 9.17) is 0 Å². The molecule has 0 radical (unpaired) electrons. The highest BCUT2D eigenvalue weighted by Gasteiger charge is 2.37. The molecule has 0 spiro atoms. The monoisotopic (exact) mass is 400 g/mol. The van der Waals surface area contributed by atoms with Crippen molar-refractivity contribution in [1.29, 1.82) is 0 Å². The number of aliphatic hydroxyl groups is 1. The lowest BCUT2D eigenvalue weighted by Gasteiger charge is -2.23. The number of aliphatic hydroxyl groups excluding tert-OH is 1. The topological polar surface area (TPSA) is 37.3 Å².